The van der Waals surface area contributed by atoms with Crippen molar-refractivity contribution in [1.82, 2.24) is 14.7 Å². The molecule has 0 saturated carbocycles. The van der Waals surface area contributed by atoms with Crippen LogP contribution >= 0.6 is 11.6 Å². The molecule has 1 amide bonds. The Bertz CT molecular complexity index is 991. The third kappa shape index (κ3) is 3.37. The van der Waals surface area contributed by atoms with Gasteiger partial charge in [-0.2, -0.15) is 5.10 Å². The van der Waals surface area contributed by atoms with Crippen molar-refractivity contribution < 1.29 is 4.79 Å². The summed E-state index contributed by atoms with van der Waals surface area (Å²) in [5.74, 6) is -0.0565. The number of halogens is 1. The van der Waals surface area contributed by atoms with Crippen LogP contribution in [0.5, 0.6) is 0 Å². The van der Waals surface area contributed by atoms with Gasteiger partial charge in [-0.15, -0.1) is 0 Å². The van der Waals surface area contributed by atoms with Gasteiger partial charge in [0, 0.05) is 29.9 Å². The van der Waals surface area contributed by atoms with E-state index < -0.39 is 0 Å². The molecule has 2 aromatic carbocycles. The molecule has 0 fully saturated rings. The van der Waals surface area contributed by atoms with E-state index >= 15 is 0 Å². The molecule has 0 bridgehead atoms. The highest BCUT2D eigenvalue weighted by Gasteiger charge is 2.28. The summed E-state index contributed by atoms with van der Waals surface area (Å²) in [6, 6.07) is 15.9. The topological polar surface area (TPSA) is 38.1 Å². The summed E-state index contributed by atoms with van der Waals surface area (Å²) in [7, 11) is 1.80. The van der Waals surface area contributed by atoms with Crippen LogP contribution in [0.15, 0.2) is 48.5 Å². The maximum atomic E-state index is 13.1. The summed E-state index contributed by atoms with van der Waals surface area (Å²) in [5.41, 5.74) is 5.96. The minimum absolute atomic E-state index is 0.0565. The van der Waals surface area contributed by atoms with Gasteiger partial charge in [-0.1, -0.05) is 47.5 Å². The molecular weight excluding hydrogens is 358 g/mol. The average molecular weight is 380 g/mol. The van der Waals surface area contributed by atoms with Gasteiger partial charge in [0.2, 0.25) is 0 Å². The highest BCUT2D eigenvalue weighted by molar-refractivity contribution is 6.31. The van der Waals surface area contributed by atoms with Gasteiger partial charge in [0.25, 0.3) is 5.91 Å². The fourth-order valence-electron chi connectivity index (χ4n) is 3.64. The van der Waals surface area contributed by atoms with Crippen molar-refractivity contribution >= 4 is 17.5 Å². The zero-order valence-electron chi connectivity index (χ0n) is 15.6. The minimum atomic E-state index is -0.0565. The highest BCUT2D eigenvalue weighted by Crippen LogP contribution is 2.29. The van der Waals surface area contributed by atoms with E-state index in [9.17, 15) is 4.79 Å². The summed E-state index contributed by atoms with van der Waals surface area (Å²) < 4.78 is 1.94. The number of fused-ring (bicyclic) bond motifs is 1. The largest absolute Gasteiger partial charge is 0.336 e. The van der Waals surface area contributed by atoms with Crippen LogP contribution in [0.1, 0.15) is 39.3 Å². The number of hydrogen-bond acceptors (Lipinski definition) is 2. The predicted octanol–water partition coefficient (Wildman–Crippen LogP) is 4.60. The molecule has 4 nitrogen and oxygen atoms in total. The molecule has 0 saturated heterocycles. The highest BCUT2D eigenvalue weighted by atomic mass is 35.5. The summed E-state index contributed by atoms with van der Waals surface area (Å²) in [6.45, 7) is 2.53. The standard InChI is InChI=1S/C22H22ClN3O/c1-15-10-12-17(13-11-15)26-20-9-5-7-18(20)21(24-26)22(27)25(2)14-16-6-3-4-8-19(16)23/h3-4,6,8,10-13H,5,7,9,14H2,1-2H3. The van der Waals surface area contributed by atoms with E-state index in [2.05, 4.69) is 31.2 Å². The number of benzene rings is 2. The Balaban J connectivity index is 1.65. The van der Waals surface area contributed by atoms with Crippen LogP contribution in [0.3, 0.4) is 0 Å². The van der Waals surface area contributed by atoms with E-state index in [4.69, 9.17) is 16.7 Å². The molecule has 1 aliphatic rings. The minimum Gasteiger partial charge on any atom is -0.336 e. The molecule has 0 atom stereocenters. The summed E-state index contributed by atoms with van der Waals surface area (Å²) in [5, 5.41) is 5.38. The van der Waals surface area contributed by atoms with Gasteiger partial charge < -0.3 is 4.90 Å². The van der Waals surface area contributed by atoms with E-state index in [1.165, 1.54) is 5.56 Å². The molecule has 27 heavy (non-hydrogen) atoms. The van der Waals surface area contributed by atoms with E-state index in [0.717, 1.165) is 41.8 Å². The van der Waals surface area contributed by atoms with Crippen LogP contribution in [-0.2, 0) is 19.4 Å². The number of aryl methyl sites for hydroxylation is 1. The van der Waals surface area contributed by atoms with Gasteiger partial charge in [0.05, 0.1) is 5.69 Å². The van der Waals surface area contributed by atoms with Crippen LogP contribution in [0.25, 0.3) is 5.69 Å². The number of rotatable bonds is 4. The third-order valence-corrected chi connectivity index (χ3v) is 5.49. The van der Waals surface area contributed by atoms with Crippen molar-refractivity contribution in [3.63, 3.8) is 0 Å². The molecule has 1 aliphatic carbocycles. The molecule has 1 aromatic heterocycles. The molecule has 1 heterocycles. The van der Waals surface area contributed by atoms with Gasteiger partial charge in [-0.3, -0.25) is 4.79 Å². The molecular formula is C22H22ClN3O. The van der Waals surface area contributed by atoms with E-state index in [1.807, 2.05) is 28.9 Å². The second-order valence-electron chi connectivity index (χ2n) is 7.13. The zero-order valence-corrected chi connectivity index (χ0v) is 16.3. The van der Waals surface area contributed by atoms with E-state index in [-0.39, 0.29) is 5.91 Å². The van der Waals surface area contributed by atoms with Crippen LogP contribution in [-0.4, -0.2) is 27.6 Å². The first-order valence-electron chi connectivity index (χ1n) is 9.21. The van der Waals surface area contributed by atoms with Crippen LogP contribution in [0.2, 0.25) is 5.02 Å². The predicted molar refractivity (Wildman–Crippen MR) is 108 cm³/mol. The molecule has 0 N–H and O–H groups in total. The Morgan fingerprint density at radius 2 is 1.89 bits per heavy atom. The van der Waals surface area contributed by atoms with Crippen molar-refractivity contribution in [3.8, 4) is 5.69 Å². The second-order valence-corrected chi connectivity index (χ2v) is 7.53. The average Bonchev–Trinajstić information content (AvgIpc) is 3.26. The quantitative estimate of drug-likeness (QED) is 0.664. The van der Waals surface area contributed by atoms with Gasteiger partial charge in [-0.25, -0.2) is 4.68 Å². The maximum Gasteiger partial charge on any atom is 0.274 e. The van der Waals surface area contributed by atoms with Crippen LogP contribution < -0.4 is 0 Å². The Morgan fingerprint density at radius 1 is 1.15 bits per heavy atom. The summed E-state index contributed by atoms with van der Waals surface area (Å²) >= 11 is 6.25. The lowest BCUT2D eigenvalue weighted by atomic mass is 10.1. The Kier molecular flexibility index (Phi) is 4.75. The zero-order chi connectivity index (χ0) is 19.0. The van der Waals surface area contributed by atoms with Crippen molar-refractivity contribution in [2.24, 2.45) is 0 Å². The van der Waals surface area contributed by atoms with Crippen molar-refractivity contribution in [2.75, 3.05) is 7.05 Å². The maximum absolute atomic E-state index is 13.1. The lowest BCUT2D eigenvalue weighted by molar-refractivity contribution is 0.0778. The number of carbonyl (C=O) groups excluding carboxylic acids is 1. The third-order valence-electron chi connectivity index (χ3n) is 5.12. The second kappa shape index (κ2) is 7.20. The van der Waals surface area contributed by atoms with Gasteiger partial charge in [0.15, 0.2) is 5.69 Å². The lowest BCUT2D eigenvalue weighted by Gasteiger charge is -2.17. The van der Waals surface area contributed by atoms with Crippen molar-refractivity contribution in [2.45, 2.75) is 32.7 Å². The molecule has 5 heteroatoms. The molecule has 3 aromatic rings. The van der Waals surface area contributed by atoms with Gasteiger partial charge >= 0.3 is 0 Å². The Morgan fingerprint density at radius 3 is 2.63 bits per heavy atom. The number of hydrogen-bond donors (Lipinski definition) is 0. The first-order valence-corrected chi connectivity index (χ1v) is 9.59. The molecule has 0 radical (unpaired) electrons. The molecule has 4 rings (SSSR count). The molecule has 138 valence electrons. The first kappa shape index (κ1) is 17.8. The van der Waals surface area contributed by atoms with Crippen molar-refractivity contribution in [1.29, 1.82) is 0 Å². The first-order chi connectivity index (χ1) is 13.0. The van der Waals surface area contributed by atoms with Crippen LogP contribution in [0, 0.1) is 6.92 Å². The number of nitrogens with zero attached hydrogens (tertiary/aromatic N) is 3. The normalized spacial score (nSPS) is 12.9. The van der Waals surface area contributed by atoms with Gasteiger partial charge in [-0.05, 0) is 49.9 Å². The molecule has 0 aliphatic heterocycles. The number of carbonyl (C=O) groups is 1. The summed E-state index contributed by atoms with van der Waals surface area (Å²) in [4.78, 5) is 14.8. The van der Waals surface area contributed by atoms with Crippen LogP contribution in [0.4, 0.5) is 0 Å². The Hall–Kier alpha value is -2.59. The Labute approximate surface area is 164 Å². The fourth-order valence-corrected chi connectivity index (χ4v) is 3.84. The van der Waals surface area contributed by atoms with Gasteiger partial charge in [0.1, 0.15) is 0 Å². The monoisotopic (exact) mass is 379 g/mol. The molecule has 0 unspecified atom stereocenters. The van der Waals surface area contributed by atoms with E-state index in [0.29, 0.717) is 17.3 Å². The van der Waals surface area contributed by atoms with E-state index in [1.54, 1.807) is 11.9 Å². The smallest absolute Gasteiger partial charge is 0.274 e. The number of amides is 1. The lowest BCUT2D eigenvalue weighted by Crippen LogP contribution is -2.27. The summed E-state index contributed by atoms with van der Waals surface area (Å²) in [6.07, 6.45) is 2.92. The SMILES string of the molecule is Cc1ccc(-n2nc(C(=O)N(C)Cc3ccccc3Cl)c3c2CCC3)cc1. The van der Waals surface area contributed by atoms with Crippen molar-refractivity contribution in [3.05, 3.63) is 81.6 Å². The fraction of sp³-hybridized carbons (Fsp3) is 0.273. The molecule has 0 spiro atoms. The number of aromatic nitrogens is 2.